The molecule has 6 rings (SSSR count). The lowest BCUT2D eigenvalue weighted by atomic mass is 9.91. The van der Waals surface area contributed by atoms with Crippen molar-refractivity contribution in [1.82, 2.24) is 20.2 Å². The molecule has 3 heterocycles. The molecule has 0 spiro atoms. The highest BCUT2D eigenvalue weighted by molar-refractivity contribution is 7.22. The molecule has 0 saturated carbocycles. The standard InChI is InChI=1S/C32H26ClFN4O3S/c1-16-13-24-28(26(17-5-8-20(33)9-6-17)25(16)27(31(39)40)41-32(2,3)4)42-30(36-24)19-11-12-35-22(15-19)18-7-10-21-23(14-18)37-38-29(21)34/h5-15,27H,1-4H3,(H,37,38)(H,39,40). The third kappa shape index (κ3) is 5.27. The van der Waals surface area contributed by atoms with E-state index in [1.807, 2.05) is 64.1 Å². The number of hydrogen-bond donors (Lipinski definition) is 2. The zero-order valence-corrected chi connectivity index (χ0v) is 24.8. The molecule has 3 aromatic heterocycles. The number of hydrogen-bond acceptors (Lipinski definition) is 6. The Hall–Kier alpha value is -4.18. The highest BCUT2D eigenvalue weighted by atomic mass is 35.5. The number of thiazole rings is 1. The number of aliphatic carboxylic acids is 1. The predicted molar refractivity (Wildman–Crippen MR) is 164 cm³/mol. The van der Waals surface area contributed by atoms with Gasteiger partial charge in [0.05, 0.1) is 32.4 Å². The number of fused-ring (bicyclic) bond motifs is 2. The molecular weight excluding hydrogens is 575 g/mol. The molecule has 2 N–H and O–H groups in total. The number of pyridine rings is 1. The van der Waals surface area contributed by atoms with E-state index in [-0.39, 0.29) is 0 Å². The Labute approximate surface area is 250 Å². The van der Waals surface area contributed by atoms with Crippen molar-refractivity contribution in [1.29, 1.82) is 0 Å². The van der Waals surface area contributed by atoms with Gasteiger partial charge in [0.2, 0.25) is 5.95 Å². The van der Waals surface area contributed by atoms with E-state index in [0.29, 0.717) is 27.2 Å². The summed E-state index contributed by atoms with van der Waals surface area (Å²) in [6, 6.07) is 18.4. The van der Waals surface area contributed by atoms with Crippen LogP contribution in [0.25, 0.3) is 54.1 Å². The molecule has 0 aliphatic heterocycles. The van der Waals surface area contributed by atoms with Crippen LogP contribution in [0.4, 0.5) is 4.39 Å². The summed E-state index contributed by atoms with van der Waals surface area (Å²) in [6.07, 6.45) is 0.517. The maximum atomic E-state index is 13.9. The Morgan fingerprint density at radius 1 is 1.05 bits per heavy atom. The van der Waals surface area contributed by atoms with Gasteiger partial charge in [-0.2, -0.15) is 4.39 Å². The summed E-state index contributed by atoms with van der Waals surface area (Å²) in [7, 11) is 0. The summed E-state index contributed by atoms with van der Waals surface area (Å²) >= 11 is 7.68. The predicted octanol–water partition coefficient (Wildman–Crippen LogP) is 8.61. The number of carbonyl (C=O) groups is 1. The molecule has 1 unspecified atom stereocenters. The Morgan fingerprint density at radius 3 is 2.50 bits per heavy atom. The fraction of sp³-hybridized carbons (Fsp3) is 0.188. The van der Waals surface area contributed by atoms with Crippen LogP contribution in [0.2, 0.25) is 5.02 Å². The first-order chi connectivity index (χ1) is 20.0. The van der Waals surface area contributed by atoms with Crippen molar-refractivity contribution in [3.05, 3.63) is 89.0 Å². The van der Waals surface area contributed by atoms with Gasteiger partial charge >= 0.3 is 5.97 Å². The van der Waals surface area contributed by atoms with Gasteiger partial charge in [-0.15, -0.1) is 16.4 Å². The summed E-state index contributed by atoms with van der Waals surface area (Å²) in [4.78, 5) is 22.1. The zero-order chi connectivity index (χ0) is 29.8. The van der Waals surface area contributed by atoms with Crippen molar-refractivity contribution in [2.45, 2.75) is 39.4 Å². The van der Waals surface area contributed by atoms with E-state index in [0.717, 1.165) is 43.0 Å². The van der Waals surface area contributed by atoms with Crippen molar-refractivity contribution >= 4 is 50.0 Å². The number of halogens is 2. The molecule has 6 aromatic rings. The molecule has 0 aliphatic rings. The monoisotopic (exact) mass is 600 g/mol. The van der Waals surface area contributed by atoms with Gasteiger partial charge in [0, 0.05) is 33.5 Å². The Morgan fingerprint density at radius 2 is 1.79 bits per heavy atom. The number of ether oxygens (including phenoxy) is 1. The van der Waals surface area contributed by atoms with Crippen LogP contribution >= 0.6 is 22.9 Å². The first kappa shape index (κ1) is 28.0. The third-order valence-electron chi connectivity index (χ3n) is 6.84. The van der Waals surface area contributed by atoms with E-state index in [2.05, 4.69) is 15.2 Å². The number of carboxylic acid groups (broad SMARTS) is 1. The SMILES string of the molecule is Cc1cc2nc(-c3ccnc(-c4ccc5c(F)n[nH]c5c4)c3)sc2c(-c2ccc(Cl)cc2)c1C(OC(C)(C)C)C(=O)O. The van der Waals surface area contributed by atoms with Crippen LogP contribution in [-0.4, -0.2) is 36.8 Å². The molecule has 212 valence electrons. The maximum absolute atomic E-state index is 13.9. The highest BCUT2D eigenvalue weighted by Gasteiger charge is 2.32. The van der Waals surface area contributed by atoms with Crippen LogP contribution in [0.3, 0.4) is 0 Å². The molecule has 0 aliphatic carbocycles. The van der Waals surface area contributed by atoms with Gasteiger partial charge < -0.3 is 9.84 Å². The third-order valence-corrected chi connectivity index (χ3v) is 8.23. The lowest BCUT2D eigenvalue weighted by Gasteiger charge is -2.28. The minimum atomic E-state index is -1.19. The van der Waals surface area contributed by atoms with Crippen LogP contribution in [0.5, 0.6) is 0 Å². The van der Waals surface area contributed by atoms with Gasteiger partial charge in [-0.05, 0) is 81.3 Å². The molecule has 0 fully saturated rings. The van der Waals surface area contributed by atoms with E-state index in [4.69, 9.17) is 21.3 Å². The first-order valence-electron chi connectivity index (χ1n) is 13.2. The number of rotatable bonds is 6. The van der Waals surface area contributed by atoms with E-state index in [1.165, 1.54) is 11.3 Å². The van der Waals surface area contributed by atoms with Crippen LogP contribution in [0, 0.1) is 12.9 Å². The van der Waals surface area contributed by atoms with Gasteiger partial charge in [-0.3, -0.25) is 10.1 Å². The second-order valence-corrected chi connectivity index (χ2v) is 12.4. The average Bonchev–Trinajstić information content (AvgIpc) is 3.54. The molecule has 3 aromatic carbocycles. The summed E-state index contributed by atoms with van der Waals surface area (Å²) in [5.41, 5.74) is 5.89. The Balaban J connectivity index is 1.53. The molecule has 42 heavy (non-hydrogen) atoms. The van der Waals surface area contributed by atoms with E-state index >= 15 is 0 Å². The fourth-order valence-electron chi connectivity index (χ4n) is 5.03. The number of aryl methyl sites for hydroxylation is 1. The molecule has 0 radical (unpaired) electrons. The van der Waals surface area contributed by atoms with Crippen LogP contribution in [0.15, 0.2) is 66.9 Å². The first-order valence-corrected chi connectivity index (χ1v) is 14.4. The van der Waals surface area contributed by atoms with Gasteiger partial charge in [0.15, 0.2) is 6.10 Å². The van der Waals surface area contributed by atoms with E-state index in [9.17, 15) is 14.3 Å². The van der Waals surface area contributed by atoms with Gasteiger partial charge in [0.1, 0.15) is 5.01 Å². The number of H-pyrrole nitrogens is 1. The van der Waals surface area contributed by atoms with Crippen LogP contribution in [0.1, 0.15) is 38.0 Å². The number of aromatic nitrogens is 4. The van der Waals surface area contributed by atoms with Crippen molar-refractivity contribution in [2.24, 2.45) is 0 Å². The molecular formula is C32H26ClFN4O3S. The second kappa shape index (κ2) is 10.6. The Kier molecular flexibility index (Phi) is 7.04. The number of nitrogens with zero attached hydrogens (tertiary/aromatic N) is 3. The lowest BCUT2D eigenvalue weighted by molar-refractivity contribution is -0.160. The molecule has 0 amide bonds. The number of carboxylic acids is 1. The quantitative estimate of drug-likeness (QED) is 0.198. The van der Waals surface area contributed by atoms with Gasteiger partial charge in [0.25, 0.3) is 0 Å². The Bertz CT molecular complexity index is 1980. The molecule has 0 bridgehead atoms. The second-order valence-electron chi connectivity index (χ2n) is 11.0. The van der Waals surface area contributed by atoms with Crippen molar-refractivity contribution in [2.75, 3.05) is 0 Å². The van der Waals surface area contributed by atoms with E-state index in [1.54, 1.807) is 30.5 Å². The molecule has 7 nitrogen and oxygen atoms in total. The molecule has 0 saturated heterocycles. The molecule has 1 atom stereocenters. The zero-order valence-electron chi connectivity index (χ0n) is 23.2. The number of benzene rings is 3. The summed E-state index contributed by atoms with van der Waals surface area (Å²) in [5.74, 6) is -1.61. The minimum Gasteiger partial charge on any atom is -0.479 e. The largest absolute Gasteiger partial charge is 0.479 e. The smallest absolute Gasteiger partial charge is 0.337 e. The van der Waals surface area contributed by atoms with Crippen molar-refractivity contribution < 1.29 is 19.0 Å². The topological polar surface area (TPSA) is 101 Å². The van der Waals surface area contributed by atoms with Gasteiger partial charge in [-0.1, -0.05) is 29.8 Å². The van der Waals surface area contributed by atoms with Crippen LogP contribution < -0.4 is 0 Å². The summed E-state index contributed by atoms with van der Waals surface area (Å²) in [5, 5.41) is 18.4. The van der Waals surface area contributed by atoms with Gasteiger partial charge in [-0.25, -0.2) is 9.78 Å². The van der Waals surface area contributed by atoms with Crippen LogP contribution in [-0.2, 0) is 9.53 Å². The van der Waals surface area contributed by atoms with E-state index < -0.39 is 23.6 Å². The average molecular weight is 601 g/mol. The normalized spacial score (nSPS) is 12.7. The van der Waals surface area contributed by atoms with Crippen molar-refractivity contribution in [3.8, 4) is 33.0 Å². The summed E-state index contributed by atoms with van der Waals surface area (Å²) in [6.45, 7) is 7.40. The fourth-order valence-corrected chi connectivity index (χ4v) is 6.28. The number of aromatic amines is 1. The summed E-state index contributed by atoms with van der Waals surface area (Å²) < 4.78 is 20.8. The lowest BCUT2D eigenvalue weighted by Crippen LogP contribution is -2.28. The number of nitrogens with one attached hydrogen (secondary N) is 1. The van der Waals surface area contributed by atoms with Crippen molar-refractivity contribution in [3.63, 3.8) is 0 Å². The molecule has 10 heteroatoms. The maximum Gasteiger partial charge on any atom is 0.337 e. The highest BCUT2D eigenvalue weighted by Crippen LogP contribution is 2.44. The minimum absolute atomic E-state index is 0.414.